The van der Waals surface area contributed by atoms with E-state index in [1.807, 2.05) is 0 Å². The van der Waals surface area contributed by atoms with Crippen molar-refractivity contribution in [3.63, 3.8) is 0 Å². The highest BCUT2D eigenvalue weighted by molar-refractivity contribution is 6.56. The molecule has 0 atom stereocenters. The van der Waals surface area contributed by atoms with Gasteiger partial charge in [0.05, 0.1) is 6.61 Å². The van der Waals surface area contributed by atoms with Crippen LogP contribution in [0.2, 0.25) is 19.1 Å². The Morgan fingerprint density at radius 1 is 1.50 bits per heavy atom. The van der Waals surface area contributed by atoms with Gasteiger partial charge in [-0.25, -0.2) is 4.79 Å². The van der Waals surface area contributed by atoms with Gasteiger partial charge < -0.3 is 8.85 Å². The van der Waals surface area contributed by atoms with Crippen LogP contribution in [-0.4, -0.2) is 31.4 Å². The molecule has 0 rings (SSSR count). The first-order valence-corrected chi connectivity index (χ1v) is 9.34. The average molecular weight is 232 g/mol. The van der Waals surface area contributed by atoms with Gasteiger partial charge in [-0.05, 0) is 32.5 Å². The summed E-state index contributed by atoms with van der Waals surface area (Å²) in [6.45, 7) is 10.0. The molecule has 0 fully saturated rings. The molecule has 3 nitrogen and oxygen atoms in total. The number of hydrogen-bond acceptors (Lipinski definition) is 3. The average Bonchev–Trinajstić information content (AvgIpc) is 2.09. The SMILES string of the molecule is C=C(C)C(=O)OCCC[SiH2]O[SiH](C)C. The number of carbonyl (C=O) groups is 1. The van der Waals surface area contributed by atoms with Crippen molar-refractivity contribution >= 4 is 24.8 Å². The maximum Gasteiger partial charge on any atom is 0.333 e. The Morgan fingerprint density at radius 2 is 2.14 bits per heavy atom. The molecule has 14 heavy (non-hydrogen) atoms. The van der Waals surface area contributed by atoms with Crippen molar-refractivity contribution in [3.05, 3.63) is 12.2 Å². The standard InChI is InChI=1S/C9H20O3Si2/c1-8(2)9(10)11-6-5-7-13-12-14(3)4/h14H,1,5-7,13H2,2-4H3. The highest BCUT2D eigenvalue weighted by Crippen LogP contribution is 1.96. The second kappa shape index (κ2) is 7.96. The zero-order valence-electron chi connectivity index (χ0n) is 9.34. The molecule has 0 saturated carbocycles. The molecule has 0 aromatic heterocycles. The maximum absolute atomic E-state index is 10.9. The van der Waals surface area contributed by atoms with E-state index >= 15 is 0 Å². The third kappa shape index (κ3) is 8.21. The summed E-state index contributed by atoms with van der Waals surface area (Å²) in [7, 11) is -1.17. The molecule has 0 spiro atoms. The first kappa shape index (κ1) is 13.6. The van der Waals surface area contributed by atoms with E-state index in [0.717, 1.165) is 12.5 Å². The molecule has 0 aliphatic heterocycles. The largest absolute Gasteiger partial charge is 0.463 e. The molecule has 0 N–H and O–H groups in total. The first-order chi connectivity index (χ1) is 6.54. The Kier molecular flexibility index (Phi) is 7.73. The predicted molar refractivity (Wildman–Crippen MR) is 63.7 cm³/mol. The molecule has 0 aliphatic rings. The summed E-state index contributed by atoms with van der Waals surface area (Å²) in [6.07, 6.45) is 0.923. The normalized spacial score (nSPS) is 11.1. The highest BCUT2D eigenvalue weighted by Gasteiger charge is 2.02. The van der Waals surface area contributed by atoms with E-state index < -0.39 is 9.04 Å². The third-order valence-electron chi connectivity index (χ3n) is 1.57. The lowest BCUT2D eigenvalue weighted by atomic mass is 10.4. The highest BCUT2D eigenvalue weighted by atomic mass is 28.3. The van der Waals surface area contributed by atoms with Crippen molar-refractivity contribution in [1.29, 1.82) is 0 Å². The molecule has 0 unspecified atom stereocenters. The maximum atomic E-state index is 10.9. The van der Waals surface area contributed by atoms with Crippen LogP contribution < -0.4 is 0 Å². The monoisotopic (exact) mass is 232 g/mol. The zero-order valence-corrected chi connectivity index (χ0v) is 11.9. The van der Waals surface area contributed by atoms with Crippen LogP contribution in [0.15, 0.2) is 12.2 Å². The van der Waals surface area contributed by atoms with Crippen LogP contribution in [0.25, 0.3) is 0 Å². The van der Waals surface area contributed by atoms with Crippen LogP contribution in [-0.2, 0) is 13.6 Å². The lowest BCUT2D eigenvalue weighted by Gasteiger charge is -2.06. The first-order valence-electron chi connectivity index (χ1n) is 4.98. The summed E-state index contributed by atoms with van der Waals surface area (Å²) in [5, 5.41) is 0. The van der Waals surface area contributed by atoms with Crippen LogP contribution in [0.4, 0.5) is 0 Å². The quantitative estimate of drug-likeness (QED) is 0.284. The van der Waals surface area contributed by atoms with Gasteiger partial charge in [-0.2, -0.15) is 0 Å². The topological polar surface area (TPSA) is 35.5 Å². The Balaban J connectivity index is 3.22. The number of carbonyl (C=O) groups excluding carboxylic acids is 1. The summed E-state index contributed by atoms with van der Waals surface area (Å²) in [5.74, 6) is -0.286. The fourth-order valence-corrected chi connectivity index (χ4v) is 3.77. The second-order valence-electron chi connectivity index (χ2n) is 3.54. The van der Waals surface area contributed by atoms with Crippen molar-refractivity contribution in [2.24, 2.45) is 0 Å². The molecular formula is C9H20O3Si2. The predicted octanol–water partition coefficient (Wildman–Crippen LogP) is 0.998. The Hall–Kier alpha value is -0.396. The summed E-state index contributed by atoms with van der Waals surface area (Å²) in [5.41, 5.74) is 0.466. The zero-order chi connectivity index (χ0) is 11.0. The van der Waals surface area contributed by atoms with E-state index in [2.05, 4.69) is 19.7 Å². The minimum atomic E-state index is -0.818. The Bertz CT molecular complexity index is 192. The van der Waals surface area contributed by atoms with Crippen molar-refractivity contribution in [1.82, 2.24) is 0 Å². The lowest BCUT2D eigenvalue weighted by molar-refractivity contribution is -0.138. The lowest BCUT2D eigenvalue weighted by Crippen LogP contribution is -2.12. The van der Waals surface area contributed by atoms with Gasteiger partial charge in [-0.1, -0.05) is 6.58 Å². The van der Waals surface area contributed by atoms with Gasteiger partial charge in [0.1, 0.15) is 9.76 Å². The molecule has 0 amide bonds. The van der Waals surface area contributed by atoms with E-state index in [1.165, 1.54) is 0 Å². The van der Waals surface area contributed by atoms with E-state index in [0.29, 0.717) is 12.2 Å². The summed E-state index contributed by atoms with van der Waals surface area (Å²) < 4.78 is 10.6. The molecule has 0 aromatic carbocycles. The van der Waals surface area contributed by atoms with Gasteiger partial charge in [-0.3, -0.25) is 0 Å². The molecule has 5 heteroatoms. The summed E-state index contributed by atoms with van der Waals surface area (Å²) >= 11 is 0. The van der Waals surface area contributed by atoms with Crippen LogP contribution in [0.3, 0.4) is 0 Å². The fraction of sp³-hybridized carbons (Fsp3) is 0.667. The molecular weight excluding hydrogens is 212 g/mol. The number of ether oxygens (including phenoxy) is 1. The van der Waals surface area contributed by atoms with E-state index in [1.54, 1.807) is 6.92 Å². The van der Waals surface area contributed by atoms with Gasteiger partial charge in [0.15, 0.2) is 9.04 Å². The smallest absolute Gasteiger partial charge is 0.333 e. The van der Waals surface area contributed by atoms with Crippen molar-refractivity contribution in [2.75, 3.05) is 6.61 Å². The fourth-order valence-electron chi connectivity index (χ4n) is 0.811. The van der Waals surface area contributed by atoms with Crippen molar-refractivity contribution in [3.8, 4) is 0 Å². The van der Waals surface area contributed by atoms with Gasteiger partial charge >= 0.3 is 5.97 Å². The van der Waals surface area contributed by atoms with E-state index in [9.17, 15) is 4.79 Å². The van der Waals surface area contributed by atoms with Gasteiger partial charge in [-0.15, -0.1) is 0 Å². The van der Waals surface area contributed by atoms with Crippen molar-refractivity contribution in [2.45, 2.75) is 32.5 Å². The van der Waals surface area contributed by atoms with Crippen LogP contribution in [0.5, 0.6) is 0 Å². The molecule has 0 aliphatic carbocycles. The molecule has 82 valence electrons. The second-order valence-corrected chi connectivity index (χ2v) is 8.09. The molecule has 0 radical (unpaired) electrons. The Morgan fingerprint density at radius 3 is 2.64 bits per heavy atom. The molecule has 0 heterocycles. The van der Waals surface area contributed by atoms with Gasteiger partial charge in [0.2, 0.25) is 0 Å². The van der Waals surface area contributed by atoms with Crippen molar-refractivity contribution < 1.29 is 13.6 Å². The number of esters is 1. The molecule has 0 bridgehead atoms. The summed E-state index contributed by atoms with van der Waals surface area (Å²) in [4.78, 5) is 10.9. The van der Waals surface area contributed by atoms with Crippen LogP contribution in [0, 0.1) is 0 Å². The van der Waals surface area contributed by atoms with Crippen LogP contribution >= 0.6 is 0 Å². The summed E-state index contributed by atoms with van der Waals surface area (Å²) in [6, 6.07) is 1.09. The third-order valence-corrected chi connectivity index (χ3v) is 5.97. The van der Waals surface area contributed by atoms with E-state index in [-0.39, 0.29) is 15.7 Å². The van der Waals surface area contributed by atoms with Crippen LogP contribution in [0.1, 0.15) is 13.3 Å². The van der Waals surface area contributed by atoms with Gasteiger partial charge in [0.25, 0.3) is 0 Å². The van der Waals surface area contributed by atoms with E-state index in [4.69, 9.17) is 8.85 Å². The van der Waals surface area contributed by atoms with Gasteiger partial charge in [0, 0.05) is 5.57 Å². The number of hydrogen-bond donors (Lipinski definition) is 0. The molecule has 0 saturated heterocycles. The Labute approximate surface area is 90.2 Å². The minimum Gasteiger partial charge on any atom is -0.463 e. The molecule has 0 aromatic rings. The minimum absolute atomic E-state index is 0.286. The number of rotatable bonds is 7.